The molecule has 1 spiro atoms. The summed E-state index contributed by atoms with van der Waals surface area (Å²) in [6.07, 6.45) is 7.31. The SMILES string of the molecule is CN(Cc1ccccc1)C1CCOC2(CCN(C(=O)c3ccncc3)CC2)C1. The fourth-order valence-corrected chi connectivity index (χ4v) is 4.52. The summed E-state index contributed by atoms with van der Waals surface area (Å²) in [6.45, 7) is 3.29. The van der Waals surface area contributed by atoms with Gasteiger partial charge in [0.1, 0.15) is 0 Å². The molecule has 1 aromatic carbocycles. The van der Waals surface area contributed by atoms with Crippen LogP contribution >= 0.6 is 0 Å². The Hall–Kier alpha value is -2.24. The largest absolute Gasteiger partial charge is 0.375 e. The first-order chi connectivity index (χ1) is 13.7. The second kappa shape index (κ2) is 8.41. The van der Waals surface area contributed by atoms with Crippen molar-refractivity contribution in [3.05, 3.63) is 66.0 Å². The molecule has 2 saturated heterocycles. The van der Waals surface area contributed by atoms with Gasteiger partial charge in [0.15, 0.2) is 0 Å². The summed E-state index contributed by atoms with van der Waals surface area (Å²) >= 11 is 0. The predicted molar refractivity (Wildman–Crippen MR) is 109 cm³/mol. The molecule has 0 aliphatic carbocycles. The molecule has 1 atom stereocenters. The van der Waals surface area contributed by atoms with E-state index in [2.05, 4.69) is 47.3 Å². The van der Waals surface area contributed by atoms with Crippen molar-refractivity contribution in [2.45, 2.75) is 43.9 Å². The highest BCUT2D eigenvalue weighted by Crippen LogP contribution is 2.37. The van der Waals surface area contributed by atoms with Crippen LogP contribution in [0.4, 0.5) is 0 Å². The summed E-state index contributed by atoms with van der Waals surface area (Å²) in [7, 11) is 2.22. The van der Waals surface area contributed by atoms with Crippen LogP contribution in [0.1, 0.15) is 41.6 Å². The van der Waals surface area contributed by atoms with Crippen molar-refractivity contribution >= 4 is 5.91 Å². The number of carbonyl (C=O) groups is 1. The Morgan fingerprint density at radius 3 is 2.61 bits per heavy atom. The van der Waals surface area contributed by atoms with Crippen molar-refractivity contribution < 1.29 is 9.53 Å². The van der Waals surface area contributed by atoms with Crippen LogP contribution in [0, 0.1) is 0 Å². The molecule has 2 aliphatic heterocycles. The van der Waals surface area contributed by atoms with E-state index in [4.69, 9.17) is 4.74 Å². The number of likely N-dealkylation sites (tertiary alicyclic amines) is 1. The molecule has 0 radical (unpaired) electrons. The molecule has 0 bridgehead atoms. The Balaban J connectivity index is 1.35. The van der Waals surface area contributed by atoms with Gasteiger partial charge in [-0.25, -0.2) is 0 Å². The number of benzene rings is 1. The van der Waals surface area contributed by atoms with Crippen molar-refractivity contribution in [2.75, 3.05) is 26.7 Å². The predicted octanol–water partition coefficient (Wildman–Crippen LogP) is 3.37. The zero-order valence-corrected chi connectivity index (χ0v) is 16.6. The molecule has 148 valence electrons. The molecule has 4 rings (SSSR count). The number of nitrogens with zero attached hydrogens (tertiary/aromatic N) is 3. The van der Waals surface area contributed by atoms with E-state index in [9.17, 15) is 4.79 Å². The topological polar surface area (TPSA) is 45.7 Å². The molecule has 0 N–H and O–H groups in total. The summed E-state index contributed by atoms with van der Waals surface area (Å²) in [5.74, 6) is 0.103. The van der Waals surface area contributed by atoms with Gasteiger partial charge in [-0.1, -0.05) is 30.3 Å². The van der Waals surface area contributed by atoms with E-state index in [1.54, 1.807) is 24.5 Å². The van der Waals surface area contributed by atoms with Crippen LogP contribution in [0.25, 0.3) is 0 Å². The van der Waals surface area contributed by atoms with Crippen LogP contribution in [0.2, 0.25) is 0 Å². The minimum atomic E-state index is -0.0805. The fourth-order valence-electron chi connectivity index (χ4n) is 4.52. The molecule has 2 aromatic rings. The van der Waals surface area contributed by atoms with Crippen molar-refractivity contribution in [3.8, 4) is 0 Å². The zero-order chi connectivity index (χ0) is 19.4. The van der Waals surface area contributed by atoms with Gasteiger partial charge in [-0.3, -0.25) is 14.7 Å². The molecule has 0 saturated carbocycles. The second-order valence-corrected chi connectivity index (χ2v) is 8.11. The van der Waals surface area contributed by atoms with Gasteiger partial charge < -0.3 is 9.64 Å². The molecular formula is C23H29N3O2. The summed E-state index contributed by atoms with van der Waals surface area (Å²) < 4.78 is 6.30. The summed E-state index contributed by atoms with van der Waals surface area (Å²) in [5, 5.41) is 0. The first kappa shape index (κ1) is 19.1. The molecule has 5 heteroatoms. The van der Waals surface area contributed by atoms with Crippen molar-refractivity contribution in [1.82, 2.24) is 14.8 Å². The molecule has 3 heterocycles. The van der Waals surface area contributed by atoms with Gasteiger partial charge >= 0.3 is 0 Å². The van der Waals surface area contributed by atoms with Gasteiger partial charge in [-0.15, -0.1) is 0 Å². The highest BCUT2D eigenvalue weighted by molar-refractivity contribution is 5.94. The van der Waals surface area contributed by atoms with Gasteiger partial charge in [0.25, 0.3) is 5.91 Å². The smallest absolute Gasteiger partial charge is 0.253 e. The van der Waals surface area contributed by atoms with E-state index >= 15 is 0 Å². The maximum atomic E-state index is 12.7. The number of hydrogen-bond donors (Lipinski definition) is 0. The van der Waals surface area contributed by atoms with Crippen LogP contribution < -0.4 is 0 Å². The minimum Gasteiger partial charge on any atom is -0.375 e. The van der Waals surface area contributed by atoms with E-state index < -0.39 is 0 Å². The molecule has 5 nitrogen and oxygen atoms in total. The summed E-state index contributed by atoms with van der Waals surface area (Å²) in [5.41, 5.74) is 1.99. The van der Waals surface area contributed by atoms with E-state index in [1.165, 1.54) is 5.56 Å². The standard InChI is InChI=1S/C23H29N3O2/c1-25(18-19-5-3-2-4-6-19)21-9-16-28-23(17-21)10-14-26(15-11-23)22(27)20-7-12-24-13-8-20/h2-8,12-13,21H,9-11,14-18H2,1H3. The minimum absolute atomic E-state index is 0.0805. The Kier molecular flexibility index (Phi) is 5.74. The lowest BCUT2D eigenvalue weighted by Gasteiger charge is -2.48. The average molecular weight is 380 g/mol. The Labute approximate surface area is 167 Å². The first-order valence-corrected chi connectivity index (χ1v) is 10.2. The Morgan fingerprint density at radius 1 is 1.18 bits per heavy atom. The molecule has 2 fully saturated rings. The number of piperidine rings is 1. The lowest BCUT2D eigenvalue weighted by atomic mass is 9.81. The van der Waals surface area contributed by atoms with Crippen molar-refractivity contribution in [1.29, 1.82) is 0 Å². The van der Waals surface area contributed by atoms with E-state index in [1.807, 2.05) is 4.90 Å². The Bertz CT molecular complexity index is 773. The van der Waals surface area contributed by atoms with Crippen LogP contribution in [0.15, 0.2) is 54.9 Å². The molecular weight excluding hydrogens is 350 g/mol. The van der Waals surface area contributed by atoms with E-state index in [-0.39, 0.29) is 11.5 Å². The quantitative estimate of drug-likeness (QED) is 0.817. The lowest BCUT2D eigenvalue weighted by Crippen LogP contribution is -2.54. The van der Waals surface area contributed by atoms with E-state index in [0.29, 0.717) is 6.04 Å². The first-order valence-electron chi connectivity index (χ1n) is 10.2. The van der Waals surface area contributed by atoms with Crippen LogP contribution in [0.5, 0.6) is 0 Å². The van der Waals surface area contributed by atoms with Crippen LogP contribution in [0.3, 0.4) is 0 Å². The van der Waals surface area contributed by atoms with Gasteiger partial charge in [0.2, 0.25) is 0 Å². The van der Waals surface area contributed by atoms with Crippen molar-refractivity contribution in [2.24, 2.45) is 0 Å². The maximum absolute atomic E-state index is 12.7. The normalized spacial score (nSPS) is 21.8. The maximum Gasteiger partial charge on any atom is 0.253 e. The number of aromatic nitrogens is 1. The second-order valence-electron chi connectivity index (χ2n) is 8.11. The lowest BCUT2D eigenvalue weighted by molar-refractivity contribution is -0.128. The van der Waals surface area contributed by atoms with Gasteiger partial charge in [0, 0.05) is 50.2 Å². The van der Waals surface area contributed by atoms with Gasteiger partial charge in [0.05, 0.1) is 5.60 Å². The molecule has 2 aliphatic rings. The number of carbonyl (C=O) groups excluding carboxylic acids is 1. The Morgan fingerprint density at radius 2 is 1.89 bits per heavy atom. The number of ether oxygens (including phenoxy) is 1. The summed E-state index contributed by atoms with van der Waals surface area (Å²) in [6, 6.07) is 14.7. The van der Waals surface area contributed by atoms with Crippen molar-refractivity contribution in [3.63, 3.8) is 0 Å². The third-order valence-electron chi connectivity index (χ3n) is 6.25. The van der Waals surface area contributed by atoms with Crippen LogP contribution in [-0.4, -0.2) is 59.1 Å². The van der Waals surface area contributed by atoms with Gasteiger partial charge in [-0.2, -0.15) is 0 Å². The zero-order valence-electron chi connectivity index (χ0n) is 16.6. The highest BCUT2D eigenvalue weighted by Gasteiger charge is 2.42. The highest BCUT2D eigenvalue weighted by atomic mass is 16.5. The third kappa shape index (κ3) is 4.26. The monoisotopic (exact) mass is 379 g/mol. The molecule has 1 aromatic heterocycles. The molecule has 1 amide bonds. The third-order valence-corrected chi connectivity index (χ3v) is 6.25. The number of pyridine rings is 1. The summed E-state index contributed by atoms with van der Waals surface area (Å²) in [4.78, 5) is 21.1. The van der Waals surface area contributed by atoms with Crippen LogP contribution in [-0.2, 0) is 11.3 Å². The number of rotatable bonds is 4. The number of amides is 1. The fraction of sp³-hybridized carbons (Fsp3) is 0.478. The number of hydrogen-bond acceptors (Lipinski definition) is 4. The van der Waals surface area contributed by atoms with E-state index in [0.717, 1.165) is 57.5 Å². The van der Waals surface area contributed by atoms with Gasteiger partial charge in [-0.05, 0) is 50.4 Å². The molecule has 1 unspecified atom stereocenters. The molecule has 28 heavy (non-hydrogen) atoms. The average Bonchev–Trinajstić information content (AvgIpc) is 2.75.